The topological polar surface area (TPSA) is 195 Å². The number of phenolic OH excluding ortho intramolecular Hbond substituents is 1. The summed E-state index contributed by atoms with van der Waals surface area (Å²) in [4.78, 5) is 0. The van der Waals surface area contributed by atoms with Crippen LogP contribution in [0, 0.1) is 0 Å². The molecule has 124 valence electrons. The molecule has 0 amide bonds. The van der Waals surface area contributed by atoms with Gasteiger partial charge in [0, 0.05) is 5.39 Å². The number of aromatic hydroxyl groups is 1. The van der Waals surface area contributed by atoms with Crippen molar-refractivity contribution in [2.45, 2.75) is 0 Å². The Hall–Kier alpha value is -1.96. The number of hydrogen-bond acceptors (Lipinski definition) is 6. The lowest BCUT2D eigenvalue weighted by atomic mass is 10.1. The van der Waals surface area contributed by atoms with E-state index in [1.165, 1.54) is 0 Å². The summed E-state index contributed by atoms with van der Waals surface area (Å²) in [7, 11) is -9.33. The molecule has 0 saturated heterocycles. The third-order valence-corrected chi connectivity index (χ3v) is 1.93. The van der Waals surface area contributed by atoms with Gasteiger partial charge in [-0.05, 0) is 11.5 Å². The maximum Gasteiger partial charge on any atom is 0.394 e. The summed E-state index contributed by atoms with van der Waals surface area (Å²) in [5, 5.41) is 11.3. The molecule has 0 heterocycles. The zero-order chi connectivity index (χ0) is 17.6. The fourth-order valence-corrected chi connectivity index (χ4v) is 1.27. The average Bonchev–Trinajstić information content (AvgIpc) is 2.30. The number of phenols is 1. The van der Waals surface area contributed by atoms with E-state index in [-0.39, 0.29) is 5.75 Å². The van der Waals surface area contributed by atoms with Crippen molar-refractivity contribution in [2.24, 2.45) is 0 Å². The summed E-state index contributed by atoms with van der Waals surface area (Å²) >= 11 is 0. The summed E-state index contributed by atoms with van der Waals surface area (Å²) in [6.45, 7) is 0. The SMILES string of the molecule is Nc1ccc2ccccc2c1O.O=S(=O)(O)O.O=S(=O)(O)O. The highest BCUT2D eigenvalue weighted by Crippen LogP contribution is 2.29. The predicted molar refractivity (Wildman–Crippen MR) is 78.4 cm³/mol. The molecule has 0 atom stereocenters. The summed E-state index contributed by atoms with van der Waals surface area (Å²) in [6, 6.07) is 11.2. The van der Waals surface area contributed by atoms with Gasteiger partial charge in [-0.2, -0.15) is 16.8 Å². The van der Waals surface area contributed by atoms with E-state index in [9.17, 15) is 5.11 Å². The zero-order valence-electron chi connectivity index (χ0n) is 10.7. The summed E-state index contributed by atoms with van der Waals surface area (Å²) < 4.78 is 63.2. The maximum atomic E-state index is 9.53. The minimum Gasteiger partial charge on any atom is -0.505 e. The van der Waals surface area contributed by atoms with Gasteiger partial charge < -0.3 is 10.8 Å². The van der Waals surface area contributed by atoms with Gasteiger partial charge in [-0.25, -0.2) is 0 Å². The molecule has 10 nitrogen and oxygen atoms in total. The van der Waals surface area contributed by atoms with E-state index >= 15 is 0 Å². The predicted octanol–water partition coefficient (Wildman–Crippen LogP) is 0.822. The van der Waals surface area contributed by atoms with Gasteiger partial charge in [0.15, 0.2) is 0 Å². The zero-order valence-corrected chi connectivity index (χ0v) is 12.4. The van der Waals surface area contributed by atoms with Gasteiger partial charge >= 0.3 is 20.8 Å². The van der Waals surface area contributed by atoms with Crippen molar-refractivity contribution in [2.75, 3.05) is 5.73 Å². The Morgan fingerprint density at radius 2 is 1.18 bits per heavy atom. The Morgan fingerprint density at radius 3 is 1.64 bits per heavy atom. The molecular formula is C10H13NO9S2. The Balaban J connectivity index is 0.000000372. The van der Waals surface area contributed by atoms with Crippen LogP contribution in [0.15, 0.2) is 36.4 Å². The summed E-state index contributed by atoms with van der Waals surface area (Å²) in [5.74, 6) is 0.174. The first-order valence-electron chi connectivity index (χ1n) is 5.15. The highest BCUT2D eigenvalue weighted by atomic mass is 32.3. The van der Waals surface area contributed by atoms with Crippen LogP contribution in [0.1, 0.15) is 0 Å². The number of nitrogens with two attached hydrogens (primary N) is 1. The summed E-state index contributed by atoms with van der Waals surface area (Å²) in [5.41, 5.74) is 5.96. The van der Waals surface area contributed by atoms with Crippen molar-refractivity contribution >= 4 is 37.3 Å². The fraction of sp³-hybridized carbons (Fsp3) is 0. The number of benzene rings is 2. The Bertz CT molecular complexity index is 785. The minimum absolute atomic E-state index is 0.174. The molecule has 0 aliphatic carbocycles. The van der Waals surface area contributed by atoms with Crippen LogP contribution in [0.5, 0.6) is 5.75 Å². The molecule has 0 radical (unpaired) electrons. The van der Waals surface area contributed by atoms with Crippen LogP contribution in [0.2, 0.25) is 0 Å². The van der Waals surface area contributed by atoms with Gasteiger partial charge in [0.1, 0.15) is 5.75 Å². The Kier molecular flexibility index (Phi) is 7.18. The molecule has 2 aromatic rings. The van der Waals surface area contributed by atoms with Crippen LogP contribution in [0.4, 0.5) is 5.69 Å². The molecule has 2 aromatic carbocycles. The second-order valence-electron chi connectivity index (χ2n) is 3.62. The molecule has 0 aliphatic heterocycles. The quantitative estimate of drug-likeness (QED) is 0.223. The molecule has 0 fully saturated rings. The number of nitrogen functional groups attached to an aromatic ring is 1. The second kappa shape index (κ2) is 7.88. The second-order valence-corrected chi connectivity index (χ2v) is 5.41. The molecule has 0 bridgehead atoms. The molecule has 0 unspecified atom stereocenters. The molecular weight excluding hydrogens is 342 g/mol. The average molecular weight is 355 g/mol. The number of rotatable bonds is 0. The standard InChI is InChI=1S/C10H9NO.2H2O4S/c11-9-6-5-7-3-1-2-4-8(7)10(9)12;2*1-5(2,3)4/h1-6,12H,11H2;2*(H2,1,2,3,4). The molecule has 7 N–H and O–H groups in total. The van der Waals surface area contributed by atoms with Crippen molar-refractivity contribution in [1.29, 1.82) is 0 Å². The van der Waals surface area contributed by atoms with Crippen LogP contribution in [0.3, 0.4) is 0 Å². The van der Waals surface area contributed by atoms with Crippen molar-refractivity contribution in [3.63, 3.8) is 0 Å². The normalized spacial score (nSPS) is 10.9. The summed E-state index contributed by atoms with van der Waals surface area (Å²) in [6.07, 6.45) is 0. The number of fused-ring (bicyclic) bond motifs is 1. The molecule has 2 rings (SSSR count). The molecule has 0 spiro atoms. The van der Waals surface area contributed by atoms with E-state index in [0.29, 0.717) is 5.69 Å². The lowest BCUT2D eigenvalue weighted by Crippen LogP contribution is -1.89. The third kappa shape index (κ3) is 10.8. The molecule has 0 aromatic heterocycles. The monoisotopic (exact) mass is 355 g/mol. The van der Waals surface area contributed by atoms with E-state index in [1.807, 2.05) is 30.3 Å². The Morgan fingerprint density at radius 1 is 0.773 bits per heavy atom. The Labute approximate surface area is 126 Å². The van der Waals surface area contributed by atoms with Crippen molar-refractivity contribution < 1.29 is 40.2 Å². The van der Waals surface area contributed by atoms with Gasteiger partial charge in [0.05, 0.1) is 5.69 Å². The number of hydrogen-bond donors (Lipinski definition) is 6. The molecule has 0 aliphatic rings. The molecule has 22 heavy (non-hydrogen) atoms. The third-order valence-electron chi connectivity index (χ3n) is 1.93. The first-order valence-corrected chi connectivity index (χ1v) is 7.94. The van der Waals surface area contributed by atoms with E-state index in [1.54, 1.807) is 6.07 Å². The van der Waals surface area contributed by atoms with Gasteiger partial charge in [-0.3, -0.25) is 18.2 Å². The van der Waals surface area contributed by atoms with E-state index < -0.39 is 20.8 Å². The van der Waals surface area contributed by atoms with Crippen LogP contribution < -0.4 is 5.73 Å². The maximum absolute atomic E-state index is 9.53. The van der Waals surface area contributed by atoms with E-state index in [4.69, 9.17) is 40.8 Å². The van der Waals surface area contributed by atoms with Gasteiger partial charge in [-0.1, -0.05) is 30.3 Å². The van der Waals surface area contributed by atoms with Gasteiger partial charge in [-0.15, -0.1) is 0 Å². The van der Waals surface area contributed by atoms with Crippen LogP contribution >= 0.6 is 0 Å². The van der Waals surface area contributed by atoms with Gasteiger partial charge in [0.2, 0.25) is 0 Å². The first-order chi connectivity index (χ1) is 9.79. The largest absolute Gasteiger partial charge is 0.505 e. The van der Waals surface area contributed by atoms with Crippen molar-refractivity contribution in [3.05, 3.63) is 36.4 Å². The van der Waals surface area contributed by atoms with Crippen molar-refractivity contribution in [3.8, 4) is 5.75 Å². The highest BCUT2D eigenvalue weighted by Gasteiger charge is 2.00. The lowest BCUT2D eigenvalue weighted by Gasteiger charge is -2.02. The van der Waals surface area contributed by atoms with Crippen LogP contribution in [-0.2, 0) is 20.8 Å². The van der Waals surface area contributed by atoms with Crippen LogP contribution in [0.25, 0.3) is 10.8 Å². The fourth-order valence-electron chi connectivity index (χ4n) is 1.27. The van der Waals surface area contributed by atoms with E-state index in [2.05, 4.69) is 0 Å². The van der Waals surface area contributed by atoms with Crippen molar-refractivity contribution in [1.82, 2.24) is 0 Å². The highest BCUT2D eigenvalue weighted by molar-refractivity contribution is 7.80. The van der Waals surface area contributed by atoms with Crippen LogP contribution in [-0.4, -0.2) is 40.2 Å². The minimum atomic E-state index is -4.67. The smallest absolute Gasteiger partial charge is 0.394 e. The number of anilines is 1. The van der Waals surface area contributed by atoms with Gasteiger partial charge in [0.25, 0.3) is 0 Å². The lowest BCUT2D eigenvalue weighted by molar-refractivity contribution is 0.378. The molecule has 12 heteroatoms. The first kappa shape index (κ1) is 20.0. The molecule has 0 saturated carbocycles. The van der Waals surface area contributed by atoms with E-state index in [0.717, 1.165) is 10.8 Å².